The monoisotopic (exact) mass is 568 g/mol. The quantitative estimate of drug-likeness (QED) is 0.302. The molecule has 4 heterocycles. The maximum Gasteiger partial charge on any atom is 0.262 e. The summed E-state index contributed by atoms with van der Waals surface area (Å²) in [6.07, 6.45) is 0. The molecule has 4 fully saturated rings. The van der Waals surface area contributed by atoms with Crippen molar-refractivity contribution < 1.29 is 9.85 Å². The summed E-state index contributed by atoms with van der Waals surface area (Å²) >= 11 is 0. The summed E-state index contributed by atoms with van der Waals surface area (Å²) in [5.41, 5.74) is 0.418. The third-order valence-corrected chi connectivity index (χ3v) is 10.2. The molecule has 5 atom stereocenters. The molecule has 0 saturated carbocycles. The second-order valence-electron chi connectivity index (χ2n) is 12.5. The van der Waals surface area contributed by atoms with E-state index in [9.17, 15) is 20.2 Å². The highest BCUT2D eigenvalue weighted by molar-refractivity contribution is 5.27. The average molecular weight is 569 g/mol. The van der Waals surface area contributed by atoms with E-state index in [0.29, 0.717) is 45.9 Å². The molecule has 0 aromatic heterocycles. The van der Waals surface area contributed by atoms with Crippen LogP contribution in [0.4, 0.5) is 0 Å². The van der Waals surface area contributed by atoms with Crippen molar-refractivity contribution >= 4 is 0 Å². The van der Waals surface area contributed by atoms with Crippen LogP contribution in [0, 0.1) is 26.1 Å². The molecule has 42 heavy (non-hydrogen) atoms. The van der Waals surface area contributed by atoms with Gasteiger partial charge in [-0.05, 0) is 16.7 Å². The van der Waals surface area contributed by atoms with Crippen molar-refractivity contribution in [2.24, 2.45) is 5.92 Å². The van der Waals surface area contributed by atoms with Crippen LogP contribution in [-0.2, 0) is 19.6 Å². The molecule has 4 aliphatic rings. The highest BCUT2D eigenvalue weighted by atomic mass is 16.6. The van der Waals surface area contributed by atoms with Crippen LogP contribution in [0.3, 0.4) is 0 Å². The Morgan fingerprint density at radius 3 is 1.40 bits per heavy atom. The molecule has 10 nitrogen and oxygen atoms in total. The molecule has 0 spiro atoms. The van der Waals surface area contributed by atoms with Crippen LogP contribution >= 0.6 is 0 Å². The summed E-state index contributed by atoms with van der Waals surface area (Å²) in [7, 11) is 0. The van der Waals surface area contributed by atoms with Gasteiger partial charge >= 0.3 is 0 Å². The minimum Gasteiger partial charge on any atom is -0.291 e. The Hall–Kier alpha value is -3.70. The summed E-state index contributed by atoms with van der Waals surface area (Å²) in [4.78, 5) is 35.2. The van der Waals surface area contributed by atoms with Crippen LogP contribution < -0.4 is 0 Å². The number of nitro groups is 2. The smallest absolute Gasteiger partial charge is 0.262 e. The van der Waals surface area contributed by atoms with Gasteiger partial charge in [-0.3, -0.25) is 39.8 Å². The van der Waals surface area contributed by atoms with Gasteiger partial charge in [0.25, 0.3) is 11.1 Å². The molecule has 4 aliphatic heterocycles. The lowest BCUT2D eigenvalue weighted by molar-refractivity contribution is -0.642. The van der Waals surface area contributed by atoms with E-state index >= 15 is 0 Å². The Kier molecular flexibility index (Phi) is 6.81. The zero-order valence-electron chi connectivity index (χ0n) is 23.6. The molecule has 0 amide bonds. The van der Waals surface area contributed by atoms with Gasteiger partial charge in [0.2, 0.25) is 0 Å². The topological polar surface area (TPSA) is 99.2 Å². The number of rotatable bonds is 8. The standard InChI is InChI=1S/C32H36N6O4/c39-37(40)31-22-33(16-25-10-4-1-5-11-25)19-28(31)32(38(41)42)23-34(17-26-12-6-2-7-13-26)20-29(32)36-24-35(21-30(31)36)18-27-14-8-3-9-15-27/h1-15,28-30H,16-24H2/t28-,29+,30+,31-,32-/m1/s1. The van der Waals surface area contributed by atoms with Gasteiger partial charge in [0.15, 0.2) is 0 Å². The van der Waals surface area contributed by atoms with Gasteiger partial charge in [-0.15, -0.1) is 0 Å². The molecule has 0 bridgehead atoms. The molecule has 0 radical (unpaired) electrons. The fraction of sp³-hybridized carbons (Fsp3) is 0.438. The Morgan fingerprint density at radius 2 is 0.976 bits per heavy atom. The second kappa shape index (κ2) is 10.5. The van der Waals surface area contributed by atoms with Crippen LogP contribution in [0.15, 0.2) is 91.0 Å². The van der Waals surface area contributed by atoms with Crippen molar-refractivity contribution in [2.75, 3.05) is 39.4 Å². The van der Waals surface area contributed by atoms with Gasteiger partial charge < -0.3 is 0 Å². The van der Waals surface area contributed by atoms with E-state index in [1.165, 1.54) is 0 Å². The number of benzene rings is 3. The Balaban J connectivity index is 1.29. The normalized spacial score (nSPS) is 31.5. The summed E-state index contributed by atoms with van der Waals surface area (Å²) in [5.74, 6) is -0.706. The Bertz CT molecular complexity index is 1410. The molecule has 0 N–H and O–H groups in total. The highest BCUT2D eigenvalue weighted by Gasteiger charge is 2.82. The molecular weight excluding hydrogens is 532 g/mol. The van der Waals surface area contributed by atoms with E-state index in [-0.39, 0.29) is 22.9 Å². The number of hydrogen-bond donors (Lipinski definition) is 0. The van der Waals surface area contributed by atoms with Crippen molar-refractivity contribution in [1.82, 2.24) is 19.6 Å². The maximum absolute atomic E-state index is 13.4. The molecule has 10 heteroatoms. The third-order valence-electron chi connectivity index (χ3n) is 10.2. The van der Waals surface area contributed by atoms with Crippen LogP contribution in [0.2, 0.25) is 0 Å². The van der Waals surface area contributed by atoms with Crippen molar-refractivity contribution in [2.45, 2.75) is 42.8 Å². The van der Waals surface area contributed by atoms with E-state index in [1.54, 1.807) is 0 Å². The highest BCUT2D eigenvalue weighted by Crippen LogP contribution is 2.54. The van der Waals surface area contributed by atoms with Gasteiger partial charge in [0, 0.05) is 49.1 Å². The number of likely N-dealkylation sites (tertiary alicyclic amines) is 2. The molecule has 3 aromatic rings. The number of nitrogens with zero attached hydrogens (tertiary/aromatic N) is 6. The van der Waals surface area contributed by atoms with E-state index in [0.717, 1.165) is 16.7 Å². The van der Waals surface area contributed by atoms with Crippen molar-refractivity contribution in [1.29, 1.82) is 0 Å². The van der Waals surface area contributed by atoms with Gasteiger partial charge in [-0.2, -0.15) is 0 Å². The summed E-state index contributed by atoms with van der Waals surface area (Å²) in [6, 6.07) is 29.3. The lowest BCUT2D eigenvalue weighted by Gasteiger charge is -2.49. The first-order chi connectivity index (χ1) is 20.4. The van der Waals surface area contributed by atoms with E-state index in [1.807, 2.05) is 78.9 Å². The fourth-order valence-corrected chi connectivity index (χ4v) is 8.53. The molecule has 0 aliphatic carbocycles. The van der Waals surface area contributed by atoms with Crippen LogP contribution in [0.5, 0.6) is 0 Å². The van der Waals surface area contributed by atoms with E-state index in [4.69, 9.17) is 0 Å². The van der Waals surface area contributed by atoms with Gasteiger partial charge in [-0.1, -0.05) is 91.0 Å². The van der Waals surface area contributed by atoms with Crippen LogP contribution in [0.1, 0.15) is 16.7 Å². The van der Waals surface area contributed by atoms with Gasteiger partial charge in [0.05, 0.1) is 31.8 Å². The molecule has 7 rings (SSSR count). The van der Waals surface area contributed by atoms with E-state index in [2.05, 4.69) is 31.7 Å². The third kappa shape index (κ3) is 4.32. The SMILES string of the molecule is O=[N+]([O-])[C@]12CN(Cc3ccccc3)C[C@H]1[C@]1([N+](=O)[O-])CN(Cc3ccccc3)C[C@@H]1N1CN(Cc3ccccc3)C[C@H]12. The molecular formula is C32H36N6O4. The molecule has 0 unspecified atom stereocenters. The zero-order chi connectivity index (χ0) is 28.9. The largest absolute Gasteiger partial charge is 0.291 e. The van der Waals surface area contributed by atoms with Gasteiger partial charge in [0.1, 0.15) is 5.92 Å². The second-order valence-corrected chi connectivity index (χ2v) is 12.5. The number of fused-ring (bicyclic) bond motifs is 6. The lowest BCUT2D eigenvalue weighted by Crippen LogP contribution is -2.78. The fourth-order valence-electron chi connectivity index (χ4n) is 8.53. The van der Waals surface area contributed by atoms with E-state index < -0.39 is 29.1 Å². The van der Waals surface area contributed by atoms with Crippen molar-refractivity contribution in [3.05, 3.63) is 128 Å². The average Bonchev–Trinajstić information content (AvgIpc) is 3.69. The first-order valence-corrected chi connectivity index (χ1v) is 14.7. The summed E-state index contributed by atoms with van der Waals surface area (Å²) in [5, 5.41) is 26.8. The number of piperidine rings is 1. The van der Waals surface area contributed by atoms with Crippen LogP contribution in [-0.4, -0.2) is 92.0 Å². The zero-order valence-corrected chi connectivity index (χ0v) is 23.6. The maximum atomic E-state index is 13.4. The van der Waals surface area contributed by atoms with Gasteiger partial charge in [-0.25, -0.2) is 0 Å². The van der Waals surface area contributed by atoms with Crippen molar-refractivity contribution in [3.8, 4) is 0 Å². The minimum absolute atomic E-state index is 0.131. The summed E-state index contributed by atoms with van der Waals surface area (Å²) in [6.45, 7) is 4.08. The first-order valence-electron chi connectivity index (χ1n) is 14.7. The predicted molar refractivity (Wildman–Crippen MR) is 158 cm³/mol. The van der Waals surface area contributed by atoms with Crippen LogP contribution in [0.25, 0.3) is 0 Å². The van der Waals surface area contributed by atoms with Crippen molar-refractivity contribution in [3.63, 3.8) is 0 Å². The molecule has 218 valence electrons. The first kappa shape index (κ1) is 27.2. The molecule has 3 aromatic carbocycles. The summed E-state index contributed by atoms with van der Waals surface area (Å²) < 4.78 is 0. The Labute approximate surface area is 245 Å². The predicted octanol–water partition coefficient (Wildman–Crippen LogP) is 3.19. The number of hydrogen-bond acceptors (Lipinski definition) is 8. The molecule has 4 saturated heterocycles. The Morgan fingerprint density at radius 1 is 0.595 bits per heavy atom. The minimum atomic E-state index is -1.44. The lowest BCUT2D eigenvalue weighted by atomic mass is 9.63.